The lowest BCUT2D eigenvalue weighted by molar-refractivity contribution is 0.0688. The second-order valence-corrected chi connectivity index (χ2v) is 8.48. The Hall–Kier alpha value is -2.70. The number of aliphatic hydroxyl groups is 1. The van der Waals surface area contributed by atoms with Gasteiger partial charge in [-0.15, -0.1) is 0 Å². The van der Waals surface area contributed by atoms with Crippen molar-refractivity contribution in [2.24, 2.45) is 0 Å². The van der Waals surface area contributed by atoms with E-state index < -0.39 is 6.10 Å². The third kappa shape index (κ3) is 3.20. The average molecular weight is 405 g/mol. The zero-order chi connectivity index (χ0) is 20.8. The van der Waals surface area contributed by atoms with Crippen LogP contribution in [0.15, 0.2) is 41.2 Å². The number of aromatic nitrogens is 2. The van der Waals surface area contributed by atoms with Crippen LogP contribution in [-0.2, 0) is 17.8 Å². The maximum Gasteiger partial charge on any atom is 0.263 e. The molecule has 0 saturated carbocycles. The number of fused-ring (bicyclic) bond motifs is 2. The minimum Gasteiger partial charge on any atom is -0.389 e. The van der Waals surface area contributed by atoms with Gasteiger partial charge in [-0.25, -0.2) is 4.98 Å². The molecular weight excluding hydrogens is 378 g/mol. The summed E-state index contributed by atoms with van der Waals surface area (Å²) in [7, 11) is 0. The summed E-state index contributed by atoms with van der Waals surface area (Å²) in [5.74, 6) is 0.696. The highest BCUT2D eigenvalue weighted by Gasteiger charge is 2.29. The molecule has 1 unspecified atom stereocenters. The summed E-state index contributed by atoms with van der Waals surface area (Å²) in [5, 5.41) is 11.0. The maximum absolute atomic E-state index is 13.8. The van der Waals surface area contributed by atoms with Crippen LogP contribution < -0.4 is 10.5 Å². The minimum atomic E-state index is -0.693. The first-order valence-corrected chi connectivity index (χ1v) is 10.7. The van der Waals surface area contributed by atoms with Gasteiger partial charge in [0.05, 0.1) is 17.0 Å². The standard InChI is InChI=1S/C24H27N3O3/c1-15-11-20(16(2)28)22-21(12-15)23(29)27(19-7-9-30-10-8-19)24(25-22)26-13-17-5-3-4-6-18(17)14-26/h3-6,11-12,16,19,28H,7-10,13-14H2,1-2H3. The van der Waals surface area contributed by atoms with E-state index in [4.69, 9.17) is 9.72 Å². The predicted octanol–water partition coefficient (Wildman–Crippen LogP) is 3.63. The van der Waals surface area contributed by atoms with Gasteiger partial charge in [0.25, 0.3) is 5.56 Å². The molecule has 0 radical (unpaired) electrons. The first kappa shape index (κ1) is 19.3. The molecule has 1 fully saturated rings. The molecule has 3 heterocycles. The molecule has 1 atom stereocenters. The van der Waals surface area contributed by atoms with Crippen LogP contribution >= 0.6 is 0 Å². The van der Waals surface area contributed by atoms with Crippen LogP contribution in [0.3, 0.4) is 0 Å². The van der Waals surface area contributed by atoms with E-state index in [1.807, 2.05) is 23.6 Å². The molecule has 2 aliphatic rings. The Morgan fingerprint density at radius 2 is 1.80 bits per heavy atom. The smallest absolute Gasteiger partial charge is 0.263 e. The van der Waals surface area contributed by atoms with Gasteiger partial charge in [-0.2, -0.15) is 0 Å². The van der Waals surface area contributed by atoms with E-state index in [1.54, 1.807) is 6.92 Å². The second-order valence-electron chi connectivity index (χ2n) is 8.48. The Balaban J connectivity index is 1.74. The Labute approximate surface area is 175 Å². The van der Waals surface area contributed by atoms with E-state index in [9.17, 15) is 9.90 Å². The third-order valence-corrected chi connectivity index (χ3v) is 6.29. The number of ether oxygens (including phenoxy) is 1. The van der Waals surface area contributed by atoms with Crippen molar-refractivity contribution in [1.82, 2.24) is 9.55 Å². The molecule has 0 amide bonds. The molecule has 2 aromatic carbocycles. The molecule has 5 rings (SSSR count). The van der Waals surface area contributed by atoms with E-state index in [2.05, 4.69) is 29.2 Å². The summed E-state index contributed by atoms with van der Waals surface area (Å²) in [6.07, 6.45) is 0.910. The van der Waals surface area contributed by atoms with Gasteiger partial charge in [0.15, 0.2) is 0 Å². The Morgan fingerprint density at radius 1 is 1.13 bits per heavy atom. The molecule has 30 heavy (non-hydrogen) atoms. The Morgan fingerprint density at radius 3 is 2.43 bits per heavy atom. The SMILES string of the molecule is Cc1cc(C(C)O)c2nc(N3Cc4ccccc4C3)n(C3CCOCC3)c(=O)c2c1. The van der Waals surface area contributed by atoms with Crippen molar-refractivity contribution in [3.05, 3.63) is 69.0 Å². The van der Waals surface area contributed by atoms with Crippen molar-refractivity contribution in [2.75, 3.05) is 18.1 Å². The first-order chi connectivity index (χ1) is 14.5. The number of anilines is 1. The van der Waals surface area contributed by atoms with E-state index in [1.165, 1.54) is 11.1 Å². The fourth-order valence-electron chi connectivity index (χ4n) is 4.76. The fraction of sp³-hybridized carbons (Fsp3) is 0.417. The molecule has 2 aliphatic heterocycles. The number of hydrogen-bond donors (Lipinski definition) is 1. The molecule has 0 bridgehead atoms. The van der Waals surface area contributed by atoms with Crippen LogP contribution in [0.4, 0.5) is 5.95 Å². The van der Waals surface area contributed by atoms with Gasteiger partial charge in [0, 0.05) is 37.9 Å². The first-order valence-electron chi connectivity index (χ1n) is 10.7. The van der Waals surface area contributed by atoms with Crippen LogP contribution in [0.1, 0.15) is 54.2 Å². The number of hydrogen-bond acceptors (Lipinski definition) is 5. The quantitative estimate of drug-likeness (QED) is 0.721. The molecule has 3 aromatic rings. The van der Waals surface area contributed by atoms with Gasteiger partial charge < -0.3 is 14.7 Å². The van der Waals surface area contributed by atoms with Gasteiger partial charge in [-0.3, -0.25) is 9.36 Å². The highest BCUT2D eigenvalue weighted by molar-refractivity contribution is 5.83. The Bertz CT molecular complexity index is 1140. The van der Waals surface area contributed by atoms with E-state index in [-0.39, 0.29) is 11.6 Å². The van der Waals surface area contributed by atoms with E-state index in [0.717, 1.165) is 31.5 Å². The predicted molar refractivity (Wildman–Crippen MR) is 117 cm³/mol. The van der Waals surface area contributed by atoms with Crippen LogP contribution in [0.2, 0.25) is 0 Å². The molecule has 6 heteroatoms. The van der Waals surface area contributed by atoms with Gasteiger partial charge in [-0.05, 0) is 49.4 Å². The maximum atomic E-state index is 13.8. The molecule has 0 aliphatic carbocycles. The summed E-state index contributed by atoms with van der Waals surface area (Å²) in [6.45, 7) is 6.45. The number of aryl methyl sites for hydroxylation is 1. The number of nitrogens with zero attached hydrogens (tertiary/aromatic N) is 3. The summed E-state index contributed by atoms with van der Waals surface area (Å²) >= 11 is 0. The zero-order valence-electron chi connectivity index (χ0n) is 17.5. The molecule has 1 N–H and O–H groups in total. The largest absolute Gasteiger partial charge is 0.389 e. The van der Waals surface area contributed by atoms with Crippen molar-refractivity contribution in [2.45, 2.75) is 51.9 Å². The van der Waals surface area contributed by atoms with Crippen molar-refractivity contribution >= 4 is 16.9 Å². The summed E-state index contributed by atoms with van der Waals surface area (Å²) in [4.78, 5) is 21.0. The lowest BCUT2D eigenvalue weighted by Crippen LogP contribution is -2.35. The lowest BCUT2D eigenvalue weighted by Gasteiger charge is -2.30. The topological polar surface area (TPSA) is 67.6 Å². The molecule has 1 saturated heterocycles. The van der Waals surface area contributed by atoms with Crippen LogP contribution in [-0.4, -0.2) is 27.9 Å². The van der Waals surface area contributed by atoms with Gasteiger partial charge in [-0.1, -0.05) is 30.3 Å². The van der Waals surface area contributed by atoms with E-state index in [0.29, 0.717) is 35.6 Å². The van der Waals surface area contributed by atoms with Gasteiger partial charge in [0.2, 0.25) is 5.95 Å². The molecular formula is C24H27N3O3. The van der Waals surface area contributed by atoms with Crippen LogP contribution in [0.25, 0.3) is 10.9 Å². The van der Waals surface area contributed by atoms with Gasteiger partial charge >= 0.3 is 0 Å². The average Bonchev–Trinajstić information content (AvgIpc) is 3.18. The number of aliphatic hydroxyl groups excluding tert-OH is 1. The summed E-state index contributed by atoms with van der Waals surface area (Å²) < 4.78 is 7.44. The monoisotopic (exact) mass is 405 g/mol. The van der Waals surface area contributed by atoms with Crippen molar-refractivity contribution in [3.8, 4) is 0 Å². The number of rotatable bonds is 3. The zero-order valence-corrected chi connectivity index (χ0v) is 17.5. The normalized spacial score (nSPS) is 18.0. The lowest BCUT2D eigenvalue weighted by atomic mass is 10.0. The summed E-state index contributed by atoms with van der Waals surface area (Å²) in [6, 6.07) is 12.3. The van der Waals surface area contributed by atoms with Gasteiger partial charge in [0.1, 0.15) is 0 Å². The van der Waals surface area contributed by atoms with Crippen molar-refractivity contribution in [1.29, 1.82) is 0 Å². The van der Waals surface area contributed by atoms with E-state index >= 15 is 0 Å². The summed E-state index contributed by atoms with van der Waals surface area (Å²) in [5.41, 5.74) is 4.78. The highest BCUT2D eigenvalue weighted by Crippen LogP contribution is 2.33. The molecule has 0 spiro atoms. The van der Waals surface area contributed by atoms with Crippen molar-refractivity contribution < 1.29 is 9.84 Å². The van der Waals surface area contributed by atoms with Crippen LogP contribution in [0, 0.1) is 6.92 Å². The van der Waals surface area contributed by atoms with Crippen molar-refractivity contribution in [3.63, 3.8) is 0 Å². The second kappa shape index (κ2) is 7.52. The molecule has 1 aromatic heterocycles. The molecule has 6 nitrogen and oxygen atoms in total. The fourth-order valence-corrected chi connectivity index (χ4v) is 4.76. The number of benzene rings is 2. The Kier molecular flexibility index (Phi) is 4.83. The third-order valence-electron chi connectivity index (χ3n) is 6.29. The highest BCUT2D eigenvalue weighted by atomic mass is 16.5. The molecule has 156 valence electrons. The van der Waals surface area contributed by atoms with Crippen LogP contribution in [0.5, 0.6) is 0 Å². The minimum absolute atomic E-state index is 0.0246.